The molecule has 0 aromatic heterocycles. The predicted molar refractivity (Wildman–Crippen MR) is 381 cm³/mol. The molecule has 0 heterocycles. The molecule has 0 saturated carbocycles. The number of rotatable bonds is 67. The lowest BCUT2D eigenvalue weighted by Gasteiger charge is -2.30. The van der Waals surface area contributed by atoms with E-state index >= 15 is 0 Å². The summed E-state index contributed by atoms with van der Waals surface area (Å²) in [6.07, 6.45) is 91.0. The second-order valence-electron chi connectivity index (χ2n) is 26.1. The van der Waals surface area contributed by atoms with Crippen molar-refractivity contribution < 1.29 is 37.3 Å². The molecular formula is C78H141N2O7P. The Morgan fingerprint density at radius 2 is 0.693 bits per heavy atom. The van der Waals surface area contributed by atoms with Crippen LogP contribution in [0.25, 0.3) is 0 Å². The number of hydrogen-bond acceptors (Lipinski definition) is 7. The highest BCUT2D eigenvalue weighted by Gasteiger charge is 2.27. The minimum Gasteiger partial charge on any atom is -0.756 e. The van der Waals surface area contributed by atoms with E-state index in [1.54, 1.807) is 0 Å². The van der Waals surface area contributed by atoms with Gasteiger partial charge in [-0.15, -0.1) is 0 Å². The molecule has 0 bridgehead atoms. The molecule has 1 amide bonds. The van der Waals surface area contributed by atoms with Gasteiger partial charge in [-0.1, -0.05) is 305 Å². The first-order valence-corrected chi connectivity index (χ1v) is 38.5. The fraction of sp³-hybridized carbons (Fsp3) is 0.769. The molecule has 1 N–H and O–H groups in total. The summed E-state index contributed by atoms with van der Waals surface area (Å²) in [7, 11) is 1.18. The Kier molecular flexibility index (Phi) is 64.5. The topological polar surface area (TPSA) is 114 Å². The molecule has 0 aromatic carbocycles. The first-order valence-electron chi connectivity index (χ1n) is 37.0. The number of nitrogens with one attached hydrogen (secondary N) is 1. The Hall–Kier alpha value is -3.07. The smallest absolute Gasteiger partial charge is 0.306 e. The average molecular weight is 1250 g/mol. The Labute approximate surface area is 545 Å². The van der Waals surface area contributed by atoms with Gasteiger partial charge in [-0.25, -0.2) is 0 Å². The zero-order valence-corrected chi connectivity index (χ0v) is 59.3. The summed E-state index contributed by atoms with van der Waals surface area (Å²) in [4.78, 5) is 40.2. The standard InChI is InChI=1S/C78H141N2O7P/c1-7-10-13-16-19-22-25-28-30-32-34-36-38-39-40-41-43-45-47-49-51-53-56-59-62-65-68-71-78(82)87-76(69-66-63-60-57-54-27-24-21-18-15-12-9-3)75(74-86-88(83,84)85-73-72-80(4,5)6)79-77(81)70-67-64-61-58-55-52-50-48-46-44-42-37-35-33-31-29-26-23-20-17-14-11-8-2/h19-20,22-23,28-31,34-37,39-40,66,69,75-76H,7-18,21,24-27,32-33,38,41-65,67-68,70-74H2,1-6H3,(H-,79,81,83,84)/b22-19-,23-20-,30-28-,31-29-,36-34-,37-35-,40-39-,69-66+. The van der Waals surface area contributed by atoms with Crippen LogP contribution in [0.4, 0.5) is 0 Å². The Morgan fingerprint density at radius 1 is 0.398 bits per heavy atom. The van der Waals surface area contributed by atoms with Crippen LogP contribution in [0, 0.1) is 0 Å². The number of ether oxygens (including phenoxy) is 1. The quantitative estimate of drug-likeness (QED) is 0.0212. The van der Waals surface area contributed by atoms with Gasteiger partial charge >= 0.3 is 5.97 Å². The first-order chi connectivity index (χ1) is 42.9. The van der Waals surface area contributed by atoms with Crippen LogP contribution in [-0.4, -0.2) is 69.4 Å². The molecule has 0 aliphatic heterocycles. The molecule has 0 aliphatic carbocycles. The van der Waals surface area contributed by atoms with Crippen LogP contribution in [0.1, 0.15) is 335 Å². The van der Waals surface area contributed by atoms with Crippen molar-refractivity contribution in [1.82, 2.24) is 5.32 Å². The van der Waals surface area contributed by atoms with Crippen LogP contribution >= 0.6 is 7.82 Å². The van der Waals surface area contributed by atoms with E-state index in [1.165, 1.54) is 199 Å². The number of likely N-dealkylation sites (N-methyl/N-ethyl adjacent to an activating group) is 1. The third-order valence-corrected chi connectivity index (χ3v) is 17.2. The minimum atomic E-state index is -4.71. The van der Waals surface area contributed by atoms with E-state index in [2.05, 4.69) is 111 Å². The van der Waals surface area contributed by atoms with E-state index in [0.29, 0.717) is 17.4 Å². The number of phosphoric ester groups is 1. The molecule has 10 heteroatoms. The summed E-state index contributed by atoms with van der Waals surface area (Å²) in [6, 6.07) is -0.898. The third-order valence-electron chi connectivity index (χ3n) is 16.2. The summed E-state index contributed by atoms with van der Waals surface area (Å²) < 4.78 is 30.5. The van der Waals surface area contributed by atoms with Gasteiger partial charge in [-0.05, 0) is 115 Å². The highest BCUT2D eigenvalue weighted by atomic mass is 31.2. The maximum Gasteiger partial charge on any atom is 0.306 e. The van der Waals surface area contributed by atoms with Gasteiger partial charge in [0.05, 0.1) is 33.8 Å². The van der Waals surface area contributed by atoms with Crippen molar-refractivity contribution in [3.63, 3.8) is 0 Å². The minimum absolute atomic E-state index is 0.0267. The molecule has 0 aliphatic rings. The first kappa shape index (κ1) is 84.9. The molecule has 0 fully saturated rings. The molecule has 0 rings (SSSR count). The highest BCUT2D eigenvalue weighted by Crippen LogP contribution is 2.38. The number of allylic oxidation sites excluding steroid dienone is 15. The molecule has 3 unspecified atom stereocenters. The van der Waals surface area contributed by atoms with Crippen LogP contribution in [0.3, 0.4) is 0 Å². The SMILES string of the molecule is CCCCC/C=C\C/C=C\C/C=C\C/C=C\CCCCCCCCCCCCCC(=O)OC(/C=C/CCCCCCCCCCCC)C(COP(=O)([O-])OCC[N+](C)(C)C)NC(=O)CCCCCCCCCCCC/C=C\C/C=C\C/C=C\CCCCC. The zero-order valence-electron chi connectivity index (χ0n) is 58.4. The van der Waals surface area contributed by atoms with Crippen molar-refractivity contribution >= 4 is 19.7 Å². The van der Waals surface area contributed by atoms with Crippen molar-refractivity contribution in [1.29, 1.82) is 0 Å². The number of phosphoric acid groups is 1. The number of amides is 1. The molecule has 510 valence electrons. The summed E-state index contributed by atoms with van der Waals surface area (Å²) in [6.45, 7) is 6.81. The molecule has 88 heavy (non-hydrogen) atoms. The van der Waals surface area contributed by atoms with Gasteiger partial charge in [-0.3, -0.25) is 14.2 Å². The normalized spacial score (nSPS) is 14.0. The van der Waals surface area contributed by atoms with Crippen molar-refractivity contribution in [2.75, 3.05) is 40.9 Å². The lowest BCUT2D eigenvalue weighted by molar-refractivity contribution is -0.870. The summed E-state index contributed by atoms with van der Waals surface area (Å²) in [5, 5.41) is 3.04. The Bertz CT molecular complexity index is 1830. The maximum atomic E-state index is 13.6. The number of quaternary nitrogens is 1. The van der Waals surface area contributed by atoms with E-state index in [0.717, 1.165) is 103 Å². The van der Waals surface area contributed by atoms with Gasteiger partial charge in [0.25, 0.3) is 7.82 Å². The van der Waals surface area contributed by atoms with Gasteiger partial charge in [0.1, 0.15) is 19.3 Å². The van der Waals surface area contributed by atoms with E-state index < -0.39 is 26.6 Å². The molecular weight excluding hydrogens is 1110 g/mol. The Balaban J connectivity index is 5.04. The van der Waals surface area contributed by atoms with Crippen LogP contribution in [0.2, 0.25) is 0 Å². The molecule has 0 radical (unpaired) electrons. The number of carbonyl (C=O) groups excluding carboxylic acids is 2. The van der Waals surface area contributed by atoms with Gasteiger partial charge in [0.15, 0.2) is 0 Å². The van der Waals surface area contributed by atoms with Crippen LogP contribution in [-0.2, 0) is 27.9 Å². The summed E-state index contributed by atoms with van der Waals surface area (Å²) in [5.74, 6) is -0.543. The van der Waals surface area contributed by atoms with Crippen molar-refractivity contribution in [3.05, 3.63) is 97.2 Å². The highest BCUT2D eigenvalue weighted by molar-refractivity contribution is 7.45. The molecule has 0 spiro atoms. The average Bonchev–Trinajstić information content (AvgIpc) is 3.61. The van der Waals surface area contributed by atoms with Crippen molar-refractivity contribution in [2.24, 2.45) is 0 Å². The van der Waals surface area contributed by atoms with Crippen LogP contribution < -0.4 is 10.2 Å². The van der Waals surface area contributed by atoms with E-state index in [1.807, 2.05) is 33.3 Å². The van der Waals surface area contributed by atoms with Crippen molar-refractivity contribution in [2.45, 2.75) is 348 Å². The van der Waals surface area contributed by atoms with Gasteiger partial charge < -0.3 is 28.5 Å². The second-order valence-corrected chi connectivity index (χ2v) is 27.5. The molecule has 3 atom stereocenters. The van der Waals surface area contributed by atoms with Gasteiger partial charge in [0.2, 0.25) is 5.91 Å². The fourth-order valence-corrected chi connectivity index (χ4v) is 11.2. The molecule has 0 saturated heterocycles. The predicted octanol–water partition coefficient (Wildman–Crippen LogP) is 23.2. The summed E-state index contributed by atoms with van der Waals surface area (Å²) in [5.41, 5.74) is 0. The molecule has 0 aromatic rings. The van der Waals surface area contributed by atoms with Crippen molar-refractivity contribution in [3.8, 4) is 0 Å². The lowest BCUT2D eigenvalue weighted by Crippen LogP contribution is -2.47. The second kappa shape index (κ2) is 66.8. The van der Waals surface area contributed by atoms with E-state index in [9.17, 15) is 19.0 Å². The monoisotopic (exact) mass is 1250 g/mol. The third kappa shape index (κ3) is 67.3. The van der Waals surface area contributed by atoms with Crippen LogP contribution in [0.15, 0.2) is 97.2 Å². The number of carbonyl (C=O) groups is 2. The Morgan fingerprint density at radius 3 is 1.06 bits per heavy atom. The van der Waals surface area contributed by atoms with E-state index in [4.69, 9.17) is 13.8 Å². The summed E-state index contributed by atoms with van der Waals surface area (Å²) >= 11 is 0. The number of nitrogens with zero attached hydrogens (tertiary/aromatic N) is 1. The lowest BCUT2D eigenvalue weighted by atomic mass is 10.0. The fourth-order valence-electron chi connectivity index (χ4n) is 10.5. The van der Waals surface area contributed by atoms with E-state index in [-0.39, 0.29) is 24.9 Å². The van der Waals surface area contributed by atoms with Gasteiger partial charge in [0, 0.05) is 12.8 Å². The number of esters is 1. The maximum absolute atomic E-state index is 13.6. The largest absolute Gasteiger partial charge is 0.756 e. The number of hydrogen-bond donors (Lipinski definition) is 1. The van der Waals surface area contributed by atoms with Crippen LogP contribution in [0.5, 0.6) is 0 Å². The number of unbranched alkanes of at least 4 members (excludes halogenated alkanes) is 37. The van der Waals surface area contributed by atoms with Gasteiger partial charge in [-0.2, -0.15) is 0 Å². The molecule has 9 nitrogen and oxygen atoms in total. The zero-order chi connectivity index (χ0) is 64.2.